The van der Waals surface area contributed by atoms with E-state index in [1.807, 2.05) is 0 Å². The molecule has 10 heavy (non-hydrogen) atoms. The molecule has 1 aliphatic carbocycles. The molecular formula is C8H15NO. The molecule has 0 aromatic rings. The number of hydrogen-bond donors (Lipinski definition) is 2. The average Bonchev–Trinajstić information content (AvgIpc) is 2.36. The first-order valence-electron chi connectivity index (χ1n) is 4.26. The van der Waals surface area contributed by atoms with Crippen molar-refractivity contribution in [3.05, 3.63) is 0 Å². The molecule has 2 heteroatoms. The minimum absolute atomic E-state index is 0.00579. The van der Waals surface area contributed by atoms with Gasteiger partial charge in [0.1, 0.15) is 0 Å². The second-order valence-corrected chi connectivity index (χ2v) is 3.58. The topological polar surface area (TPSA) is 32.3 Å². The molecule has 2 aliphatic rings. The van der Waals surface area contributed by atoms with Crippen LogP contribution in [0.5, 0.6) is 0 Å². The van der Waals surface area contributed by atoms with Gasteiger partial charge in [-0.05, 0) is 25.3 Å². The maximum Gasteiger partial charge on any atom is 0.0583 e. The molecule has 2 N–H and O–H groups in total. The minimum Gasteiger partial charge on any atom is -0.393 e. The van der Waals surface area contributed by atoms with Crippen molar-refractivity contribution in [2.45, 2.75) is 25.4 Å². The highest BCUT2D eigenvalue weighted by atomic mass is 16.3. The van der Waals surface area contributed by atoms with Gasteiger partial charge in [-0.1, -0.05) is 6.42 Å². The van der Waals surface area contributed by atoms with E-state index in [1.165, 1.54) is 12.8 Å². The highest BCUT2D eigenvalue weighted by Crippen LogP contribution is 2.32. The van der Waals surface area contributed by atoms with E-state index in [2.05, 4.69) is 5.32 Å². The zero-order valence-electron chi connectivity index (χ0n) is 6.21. The Labute approximate surface area is 61.6 Å². The summed E-state index contributed by atoms with van der Waals surface area (Å²) in [6.45, 7) is 2.19. The Morgan fingerprint density at radius 3 is 2.90 bits per heavy atom. The molecule has 0 bridgehead atoms. The molecule has 1 aliphatic heterocycles. The summed E-state index contributed by atoms with van der Waals surface area (Å²) in [7, 11) is 0. The van der Waals surface area contributed by atoms with Gasteiger partial charge >= 0.3 is 0 Å². The highest BCUT2D eigenvalue weighted by Gasteiger charge is 2.35. The predicted octanol–water partition coefficient (Wildman–Crippen LogP) is 0.367. The van der Waals surface area contributed by atoms with Crippen LogP contribution in [0.4, 0.5) is 0 Å². The van der Waals surface area contributed by atoms with Crippen molar-refractivity contribution < 1.29 is 5.11 Å². The van der Waals surface area contributed by atoms with Gasteiger partial charge in [0.25, 0.3) is 0 Å². The van der Waals surface area contributed by atoms with E-state index in [0.29, 0.717) is 5.92 Å². The Morgan fingerprint density at radius 2 is 2.10 bits per heavy atom. The van der Waals surface area contributed by atoms with Gasteiger partial charge in [-0.25, -0.2) is 0 Å². The molecule has 0 aromatic heterocycles. The predicted molar refractivity (Wildman–Crippen MR) is 39.7 cm³/mol. The lowest BCUT2D eigenvalue weighted by atomic mass is 9.80. The van der Waals surface area contributed by atoms with Gasteiger partial charge in [-0.2, -0.15) is 0 Å². The Hall–Kier alpha value is -0.0800. The number of aliphatic hydroxyl groups is 1. The number of nitrogens with one attached hydrogen (secondary N) is 1. The Bertz CT molecular complexity index is 126. The van der Waals surface area contributed by atoms with Crippen molar-refractivity contribution in [3.8, 4) is 0 Å². The molecule has 0 spiro atoms. The number of rotatable bonds is 0. The summed E-state index contributed by atoms with van der Waals surface area (Å²) in [6.07, 6.45) is 3.58. The van der Waals surface area contributed by atoms with Crippen LogP contribution in [0.3, 0.4) is 0 Å². The maximum atomic E-state index is 9.54. The van der Waals surface area contributed by atoms with Crippen molar-refractivity contribution in [1.82, 2.24) is 5.32 Å². The number of fused-ring (bicyclic) bond motifs is 1. The zero-order chi connectivity index (χ0) is 6.97. The molecule has 2 nitrogen and oxygen atoms in total. The molecule has 1 heterocycles. The third kappa shape index (κ3) is 0.956. The van der Waals surface area contributed by atoms with Crippen LogP contribution in [0.15, 0.2) is 0 Å². The lowest BCUT2D eigenvalue weighted by molar-refractivity contribution is 0.0563. The summed E-state index contributed by atoms with van der Waals surface area (Å²) in [6, 6.07) is 0. The smallest absolute Gasteiger partial charge is 0.0583 e. The zero-order valence-corrected chi connectivity index (χ0v) is 6.21. The van der Waals surface area contributed by atoms with Gasteiger partial charge in [0, 0.05) is 12.5 Å². The van der Waals surface area contributed by atoms with E-state index in [1.54, 1.807) is 0 Å². The summed E-state index contributed by atoms with van der Waals surface area (Å²) >= 11 is 0. The molecule has 0 aromatic carbocycles. The van der Waals surface area contributed by atoms with Crippen molar-refractivity contribution in [2.24, 2.45) is 11.8 Å². The lowest BCUT2D eigenvalue weighted by Crippen LogP contribution is -2.31. The lowest BCUT2D eigenvalue weighted by Gasteiger charge is -2.28. The Balaban J connectivity index is 2.03. The highest BCUT2D eigenvalue weighted by molar-refractivity contribution is 4.89. The second kappa shape index (κ2) is 2.51. The minimum atomic E-state index is -0.00579. The molecule has 0 amide bonds. The quantitative estimate of drug-likeness (QED) is 0.510. The van der Waals surface area contributed by atoms with Gasteiger partial charge in [-0.15, -0.1) is 0 Å². The SMILES string of the molecule is O[C@@H]1CCCC2CNC[C@@H]21. The average molecular weight is 141 g/mol. The molecular weight excluding hydrogens is 126 g/mol. The van der Waals surface area contributed by atoms with Crippen LogP contribution >= 0.6 is 0 Å². The first kappa shape index (κ1) is 6.62. The van der Waals surface area contributed by atoms with Crippen LogP contribution in [0.2, 0.25) is 0 Å². The second-order valence-electron chi connectivity index (χ2n) is 3.58. The summed E-state index contributed by atoms with van der Waals surface area (Å²) < 4.78 is 0. The van der Waals surface area contributed by atoms with Gasteiger partial charge in [0.15, 0.2) is 0 Å². The van der Waals surface area contributed by atoms with Crippen molar-refractivity contribution in [3.63, 3.8) is 0 Å². The molecule has 2 rings (SSSR count). The van der Waals surface area contributed by atoms with E-state index < -0.39 is 0 Å². The third-order valence-corrected chi connectivity index (χ3v) is 2.96. The monoisotopic (exact) mass is 141 g/mol. The standard InChI is InChI=1S/C8H15NO/c10-8-3-1-2-6-4-9-5-7(6)8/h6-10H,1-5H2/t6?,7-,8+/m0/s1. The van der Waals surface area contributed by atoms with E-state index >= 15 is 0 Å². The fourth-order valence-electron chi connectivity index (χ4n) is 2.32. The molecule has 1 saturated heterocycles. The van der Waals surface area contributed by atoms with Gasteiger partial charge in [0.2, 0.25) is 0 Å². The third-order valence-electron chi connectivity index (χ3n) is 2.96. The van der Waals surface area contributed by atoms with E-state index in [-0.39, 0.29) is 6.10 Å². The Morgan fingerprint density at radius 1 is 1.20 bits per heavy atom. The van der Waals surface area contributed by atoms with Crippen molar-refractivity contribution in [1.29, 1.82) is 0 Å². The van der Waals surface area contributed by atoms with E-state index in [0.717, 1.165) is 25.4 Å². The first-order chi connectivity index (χ1) is 4.88. The van der Waals surface area contributed by atoms with Crippen LogP contribution < -0.4 is 5.32 Å². The van der Waals surface area contributed by atoms with Crippen LogP contribution in [-0.2, 0) is 0 Å². The van der Waals surface area contributed by atoms with Gasteiger partial charge < -0.3 is 10.4 Å². The maximum absolute atomic E-state index is 9.54. The van der Waals surface area contributed by atoms with E-state index in [9.17, 15) is 5.11 Å². The molecule has 1 unspecified atom stereocenters. The van der Waals surface area contributed by atoms with E-state index in [4.69, 9.17) is 0 Å². The molecule has 2 fully saturated rings. The number of hydrogen-bond acceptors (Lipinski definition) is 2. The first-order valence-corrected chi connectivity index (χ1v) is 4.26. The largest absolute Gasteiger partial charge is 0.393 e. The molecule has 0 radical (unpaired) electrons. The summed E-state index contributed by atoms with van der Waals surface area (Å²) in [5.74, 6) is 1.36. The summed E-state index contributed by atoms with van der Waals surface area (Å²) in [4.78, 5) is 0. The molecule has 3 atom stereocenters. The summed E-state index contributed by atoms with van der Waals surface area (Å²) in [5, 5.41) is 12.9. The van der Waals surface area contributed by atoms with Crippen molar-refractivity contribution >= 4 is 0 Å². The summed E-state index contributed by atoms with van der Waals surface area (Å²) in [5.41, 5.74) is 0. The van der Waals surface area contributed by atoms with Crippen LogP contribution in [0, 0.1) is 11.8 Å². The fourth-order valence-corrected chi connectivity index (χ4v) is 2.32. The van der Waals surface area contributed by atoms with Gasteiger partial charge in [0.05, 0.1) is 6.10 Å². The Kier molecular flexibility index (Phi) is 1.66. The number of aliphatic hydroxyl groups excluding tert-OH is 1. The molecule has 58 valence electrons. The van der Waals surface area contributed by atoms with Crippen LogP contribution in [-0.4, -0.2) is 24.3 Å². The molecule has 1 saturated carbocycles. The van der Waals surface area contributed by atoms with Gasteiger partial charge in [-0.3, -0.25) is 0 Å². The van der Waals surface area contributed by atoms with Crippen molar-refractivity contribution in [2.75, 3.05) is 13.1 Å². The fraction of sp³-hybridized carbons (Fsp3) is 1.00. The van der Waals surface area contributed by atoms with Crippen LogP contribution in [0.25, 0.3) is 0 Å². The normalized spacial score (nSPS) is 47.1. The van der Waals surface area contributed by atoms with Crippen LogP contribution in [0.1, 0.15) is 19.3 Å².